The van der Waals surface area contributed by atoms with Crippen LogP contribution in [0.25, 0.3) is 17.7 Å². The van der Waals surface area contributed by atoms with Crippen molar-refractivity contribution in [1.82, 2.24) is 5.43 Å². The smallest absolute Gasteiger partial charge is 0.105 e. The van der Waals surface area contributed by atoms with Gasteiger partial charge in [-0.25, -0.2) is 5.43 Å². The SMILES string of the molecule is C=C1Cc2c(sc3c2=CCC=3)N(c2ccc(C(C)(NN)c3ccccc3)cc2)c2ccccc21.CC.CC.N#Cc1ccc(N)cc1. The fourth-order valence-corrected chi connectivity index (χ4v) is 7.05. The molecule has 47 heavy (non-hydrogen) atoms. The van der Waals surface area contributed by atoms with Crippen molar-refractivity contribution in [2.75, 3.05) is 10.6 Å². The molecule has 5 nitrogen and oxygen atoms in total. The molecule has 240 valence electrons. The van der Waals surface area contributed by atoms with E-state index in [0.29, 0.717) is 11.3 Å². The van der Waals surface area contributed by atoms with Crippen LogP contribution in [0, 0.1) is 11.3 Å². The van der Waals surface area contributed by atoms with E-state index in [1.807, 2.05) is 63.3 Å². The second kappa shape index (κ2) is 16.1. The highest BCUT2D eigenvalue weighted by Crippen LogP contribution is 2.45. The number of allylic oxidation sites excluding steroid dienone is 1. The second-order valence-electron chi connectivity index (χ2n) is 10.9. The van der Waals surface area contributed by atoms with Gasteiger partial charge in [-0.05, 0) is 83.3 Å². The average molecular weight is 640 g/mol. The van der Waals surface area contributed by atoms with Crippen molar-refractivity contribution in [1.29, 1.82) is 5.26 Å². The average Bonchev–Trinajstić information content (AvgIpc) is 3.71. The number of nitriles is 1. The fourth-order valence-electron chi connectivity index (χ4n) is 5.74. The molecule has 1 aromatic heterocycles. The molecule has 1 atom stereocenters. The van der Waals surface area contributed by atoms with E-state index in [2.05, 4.69) is 96.6 Å². The molecular weight excluding hydrogens is 595 g/mol. The van der Waals surface area contributed by atoms with E-state index in [4.69, 9.17) is 16.8 Å². The molecule has 5 aromatic rings. The quantitative estimate of drug-likeness (QED) is 0.104. The number of nitrogens with zero attached hydrogens (tertiary/aromatic N) is 2. The maximum absolute atomic E-state index is 8.34. The van der Waals surface area contributed by atoms with Crippen molar-refractivity contribution in [2.24, 2.45) is 5.84 Å². The molecule has 0 fully saturated rings. The summed E-state index contributed by atoms with van der Waals surface area (Å²) in [6.07, 6.45) is 6.59. The molecule has 1 unspecified atom stereocenters. The highest BCUT2D eigenvalue weighted by Gasteiger charge is 2.30. The van der Waals surface area contributed by atoms with Crippen LogP contribution in [0.1, 0.15) is 68.9 Å². The van der Waals surface area contributed by atoms with E-state index in [1.54, 1.807) is 24.3 Å². The summed E-state index contributed by atoms with van der Waals surface area (Å²) in [4.78, 5) is 2.41. The number of benzene rings is 4. The standard InChI is InChI=1S/C30H27N3S.C7H6N2.2C2H6/c1-20-19-26-25-12-8-14-28(25)34-29(26)33(27-13-7-6-11-24(20)27)23-17-15-22(16-18-23)30(2,32-31)21-9-4-3-5-10-21;8-5-6-1-3-7(9)4-2-6;2*1-2/h3-7,9-18,32H,1,8,19,31H2,2H3;1-4H,9H2;2*1-2H3. The largest absolute Gasteiger partial charge is 0.399 e. The van der Waals surface area contributed by atoms with E-state index in [9.17, 15) is 0 Å². The number of rotatable bonds is 4. The van der Waals surface area contributed by atoms with Gasteiger partial charge in [-0.15, -0.1) is 11.3 Å². The summed E-state index contributed by atoms with van der Waals surface area (Å²) in [6, 6.07) is 36.5. The number of thiophene rings is 1. The molecular formula is C41H45N5S. The van der Waals surface area contributed by atoms with Crippen LogP contribution in [0.2, 0.25) is 0 Å². The van der Waals surface area contributed by atoms with Gasteiger partial charge in [0.05, 0.1) is 22.9 Å². The summed E-state index contributed by atoms with van der Waals surface area (Å²) < 4.78 is 1.38. The Labute approximate surface area is 283 Å². The van der Waals surface area contributed by atoms with Crippen LogP contribution < -0.4 is 31.7 Å². The molecule has 0 saturated heterocycles. The number of fused-ring (bicyclic) bond motifs is 4. The van der Waals surface area contributed by atoms with Crippen LogP contribution in [0.5, 0.6) is 0 Å². The van der Waals surface area contributed by atoms with Crippen molar-refractivity contribution in [2.45, 2.75) is 53.0 Å². The first-order valence-corrected chi connectivity index (χ1v) is 17.0. The zero-order valence-electron chi connectivity index (χ0n) is 28.0. The number of nitrogens with one attached hydrogen (secondary N) is 1. The third-order valence-electron chi connectivity index (χ3n) is 8.18. The van der Waals surface area contributed by atoms with Gasteiger partial charge in [0.1, 0.15) is 5.00 Å². The lowest BCUT2D eigenvalue weighted by atomic mass is 9.85. The van der Waals surface area contributed by atoms with E-state index >= 15 is 0 Å². The zero-order chi connectivity index (χ0) is 34.0. The lowest BCUT2D eigenvalue weighted by Gasteiger charge is -2.31. The summed E-state index contributed by atoms with van der Waals surface area (Å²) in [7, 11) is 0. The minimum atomic E-state index is -0.482. The van der Waals surface area contributed by atoms with Crippen LogP contribution in [-0.2, 0) is 12.0 Å². The summed E-state index contributed by atoms with van der Waals surface area (Å²) in [5.74, 6) is 6.08. The van der Waals surface area contributed by atoms with E-state index < -0.39 is 5.54 Å². The van der Waals surface area contributed by atoms with Gasteiger partial charge in [0.25, 0.3) is 0 Å². The summed E-state index contributed by atoms with van der Waals surface area (Å²) in [5, 5.41) is 11.0. The van der Waals surface area contributed by atoms with Crippen molar-refractivity contribution < 1.29 is 0 Å². The predicted octanol–water partition coefficient (Wildman–Crippen LogP) is 8.67. The lowest BCUT2D eigenvalue weighted by Crippen LogP contribution is -2.45. The van der Waals surface area contributed by atoms with Crippen LogP contribution in [0.3, 0.4) is 0 Å². The zero-order valence-corrected chi connectivity index (χ0v) is 28.9. The number of nitrogen functional groups attached to an aromatic ring is 1. The monoisotopic (exact) mass is 639 g/mol. The lowest BCUT2D eigenvalue weighted by molar-refractivity contribution is 0.452. The second-order valence-corrected chi connectivity index (χ2v) is 11.9. The molecule has 2 aliphatic rings. The van der Waals surface area contributed by atoms with Crippen molar-refractivity contribution in [3.8, 4) is 6.07 Å². The molecule has 0 spiro atoms. The van der Waals surface area contributed by atoms with Crippen LogP contribution in [0.4, 0.5) is 22.1 Å². The van der Waals surface area contributed by atoms with Gasteiger partial charge in [-0.1, -0.05) is 107 Å². The first-order valence-electron chi connectivity index (χ1n) is 16.2. The number of anilines is 4. The van der Waals surface area contributed by atoms with Gasteiger partial charge in [0.15, 0.2) is 0 Å². The van der Waals surface area contributed by atoms with Crippen molar-refractivity contribution in [3.05, 3.63) is 147 Å². The molecule has 7 rings (SSSR count). The molecule has 0 bridgehead atoms. The minimum absolute atomic E-state index is 0.482. The minimum Gasteiger partial charge on any atom is -0.399 e. The first-order chi connectivity index (χ1) is 22.9. The van der Waals surface area contributed by atoms with Crippen molar-refractivity contribution >= 4 is 51.1 Å². The number of para-hydroxylation sites is 1. The Hall–Kier alpha value is -4.93. The molecule has 0 radical (unpaired) electrons. The summed E-state index contributed by atoms with van der Waals surface area (Å²) in [6.45, 7) is 14.6. The number of nitrogens with two attached hydrogens (primary N) is 2. The highest BCUT2D eigenvalue weighted by atomic mass is 32.1. The number of hydrazine groups is 1. The van der Waals surface area contributed by atoms with E-state index in [0.717, 1.165) is 29.7 Å². The van der Waals surface area contributed by atoms with Gasteiger partial charge < -0.3 is 10.6 Å². The van der Waals surface area contributed by atoms with Gasteiger partial charge in [-0.2, -0.15) is 5.26 Å². The molecule has 4 aromatic carbocycles. The molecule has 0 amide bonds. The maximum atomic E-state index is 8.34. The van der Waals surface area contributed by atoms with Gasteiger partial charge in [0, 0.05) is 27.9 Å². The highest BCUT2D eigenvalue weighted by molar-refractivity contribution is 7.14. The van der Waals surface area contributed by atoms with Crippen LogP contribution >= 0.6 is 11.3 Å². The molecule has 2 heterocycles. The third kappa shape index (κ3) is 7.24. The Morgan fingerprint density at radius 2 is 1.45 bits per heavy atom. The maximum Gasteiger partial charge on any atom is 0.105 e. The van der Waals surface area contributed by atoms with Gasteiger partial charge in [0.2, 0.25) is 0 Å². The topological polar surface area (TPSA) is 91.1 Å². The molecule has 1 aliphatic carbocycles. The number of hydrogen-bond acceptors (Lipinski definition) is 6. The Balaban J connectivity index is 0.000000328. The fraction of sp³-hybridized carbons (Fsp3) is 0.195. The van der Waals surface area contributed by atoms with Gasteiger partial charge in [-0.3, -0.25) is 5.84 Å². The Bertz CT molecular complexity index is 1950. The molecule has 1 aliphatic heterocycles. The van der Waals surface area contributed by atoms with Crippen molar-refractivity contribution in [3.63, 3.8) is 0 Å². The first kappa shape index (κ1) is 34.9. The third-order valence-corrected chi connectivity index (χ3v) is 9.41. The van der Waals surface area contributed by atoms with Crippen LogP contribution in [-0.4, -0.2) is 0 Å². The normalized spacial score (nSPS) is 13.4. The number of hydrogen-bond donors (Lipinski definition) is 3. The van der Waals surface area contributed by atoms with Crippen LogP contribution in [0.15, 0.2) is 110 Å². The van der Waals surface area contributed by atoms with Gasteiger partial charge >= 0.3 is 0 Å². The summed E-state index contributed by atoms with van der Waals surface area (Å²) >= 11 is 1.88. The Morgan fingerprint density at radius 1 is 0.830 bits per heavy atom. The molecule has 0 saturated carbocycles. The molecule has 5 N–H and O–H groups in total. The summed E-state index contributed by atoms with van der Waals surface area (Å²) in [5.41, 5.74) is 17.6. The van der Waals surface area contributed by atoms with E-state index in [-0.39, 0.29) is 0 Å². The molecule has 6 heteroatoms. The van der Waals surface area contributed by atoms with E-state index in [1.165, 1.54) is 37.1 Å². The Kier molecular flexibility index (Phi) is 11.9. The predicted molar refractivity (Wildman–Crippen MR) is 203 cm³/mol. The Morgan fingerprint density at radius 3 is 2.09 bits per heavy atom.